The Hall–Kier alpha value is -1.84. The van der Waals surface area contributed by atoms with Crippen molar-refractivity contribution in [2.45, 2.75) is 25.2 Å². The third kappa shape index (κ3) is 1.74. The first-order valence-corrected chi connectivity index (χ1v) is 6.73. The topological polar surface area (TPSA) is 52.0 Å². The quantitative estimate of drug-likeness (QED) is 0.895. The number of anilines is 1. The van der Waals surface area contributed by atoms with Gasteiger partial charge >= 0.3 is 0 Å². The second kappa shape index (κ2) is 3.83. The molecule has 98 valence electrons. The van der Waals surface area contributed by atoms with Crippen molar-refractivity contribution in [3.05, 3.63) is 35.8 Å². The molecule has 2 aliphatic carbocycles. The first-order valence-electron chi connectivity index (χ1n) is 6.73. The van der Waals surface area contributed by atoms with Gasteiger partial charge in [0.25, 0.3) is 0 Å². The summed E-state index contributed by atoms with van der Waals surface area (Å²) in [6.45, 7) is 0. The van der Waals surface area contributed by atoms with Gasteiger partial charge in [-0.2, -0.15) is 0 Å². The molecule has 2 aromatic rings. The number of halogens is 1. The molecule has 1 aromatic heterocycles. The summed E-state index contributed by atoms with van der Waals surface area (Å²) in [6, 6.07) is 6.46. The highest BCUT2D eigenvalue weighted by Gasteiger charge is 2.48. The molecule has 4 heteroatoms. The van der Waals surface area contributed by atoms with Crippen LogP contribution in [-0.2, 0) is 0 Å². The Morgan fingerprint density at radius 3 is 2.74 bits per heavy atom. The van der Waals surface area contributed by atoms with Crippen LogP contribution in [-0.4, -0.2) is 5.16 Å². The molecule has 1 aromatic carbocycles. The third-order valence-electron chi connectivity index (χ3n) is 4.47. The first-order chi connectivity index (χ1) is 9.22. The lowest BCUT2D eigenvalue weighted by molar-refractivity contribution is 0.356. The van der Waals surface area contributed by atoms with Crippen molar-refractivity contribution in [1.29, 1.82) is 0 Å². The number of hydrogen-bond donors (Lipinski definition) is 1. The van der Waals surface area contributed by atoms with E-state index in [2.05, 4.69) is 5.16 Å². The standard InChI is InChI=1S/C15H15FN2O/c16-12-3-1-2-8(7-12)13-14(19-18-15(13)17)11-5-9-4-10(9)6-11/h1-3,7,9-11H,4-6H2,(H2,17,18). The number of fused-ring (bicyclic) bond motifs is 1. The second-order valence-electron chi connectivity index (χ2n) is 5.74. The number of nitrogens with zero attached hydrogens (tertiary/aromatic N) is 1. The van der Waals surface area contributed by atoms with Gasteiger partial charge in [-0.15, -0.1) is 0 Å². The van der Waals surface area contributed by atoms with Gasteiger partial charge in [-0.1, -0.05) is 17.3 Å². The Bertz CT molecular complexity index is 627. The molecule has 0 spiro atoms. The number of benzene rings is 1. The monoisotopic (exact) mass is 258 g/mol. The highest BCUT2D eigenvalue weighted by atomic mass is 19.1. The maximum absolute atomic E-state index is 13.4. The minimum Gasteiger partial charge on any atom is -0.380 e. The van der Waals surface area contributed by atoms with E-state index in [0.29, 0.717) is 11.7 Å². The summed E-state index contributed by atoms with van der Waals surface area (Å²) in [6.07, 6.45) is 3.67. The average molecular weight is 258 g/mol. The van der Waals surface area contributed by atoms with E-state index < -0.39 is 0 Å². The van der Waals surface area contributed by atoms with Gasteiger partial charge in [0.15, 0.2) is 5.82 Å². The summed E-state index contributed by atoms with van der Waals surface area (Å²) in [5.41, 5.74) is 7.45. The predicted molar refractivity (Wildman–Crippen MR) is 69.9 cm³/mol. The SMILES string of the molecule is Nc1noc(C2CC3CC3C2)c1-c1cccc(F)c1. The fourth-order valence-corrected chi connectivity index (χ4v) is 3.46. The summed E-state index contributed by atoms with van der Waals surface area (Å²) in [5.74, 6) is 3.05. The second-order valence-corrected chi connectivity index (χ2v) is 5.74. The molecule has 4 rings (SSSR count). The predicted octanol–water partition coefficient (Wildman–Crippen LogP) is 3.58. The molecule has 2 unspecified atom stereocenters. The molecule has 2 N–H and O–H groups in total. The minimum absolute atomic E-state index is 0.265. The van der Waals surface area contributed by atoms with Gasteiger partial charge in [0.2, 0.25) is 0 Å². The molecule has 0 saturated heterocycles. The van der Waals surface area contributed by atoms with Gasteiger partial charge in [0.1, 0.15) is 11.6 Å². The fraction of sp³-hybridized carbons (Fsp3) is 0.400. The van der Waals surface area contributed by atoms with E-state index in [-0.39, 0.29) is 5.82 Å². The Balaban J connectivity index is 1.76. The highest BCUT2D eigenvalue weighted by Crippen LogP contribution is 2.58. The lowest BCUT2D eigenvalue weighted by Gasteiger charge is -2.10. The average Bonchev–Trinajstić information content (AvgIpc) is 2.84. The summed E-state index contributed by atoms with van der Waals surface area (Å²) < 4.78 is 18.8. The van der Waals surface area contributed by atoms with Crippen LogP contribution < -0.4 is 5.73 Å². The van der Waals surface area contributed by atoms with Gasteiger partial charge in [-0.3, -0.25) is 0 Å². The highest BCUT2D eigenvalue weighted by molar-refractivity contribution is 5.76. The molecule has 2 atom stereocenters. The van der Waals surface area contributed by atoms with Crippen molar-refractivity contribution >= 4 is 5.82 Å². The zero-order valence-electron chi connectivity index (χ0n) is 10.5. The molecule has 0 bridgehead atoms. The van der Waals surface area contributed by atoms with Crippen molar-refractivity contribution in [3.8, 4) is 11.1 Å². The van der Waals surface area contributed by atoms with Crippen molar-refractivity contribution in [1.82, 2.24) is 5.16 Å². The lowest BCUT2D eigenvalue weighted by atomic mass is 9.94. The number of nitrogens with two attached hydrogens (primary N) is 1. The van der Waals surface area contributed by atoms with Crippen LogP contribution in [0.4, 0.5) is 10.2 Å². The Labute approximate surface area is 110 Å². The minimum atomic E-state index is -0.265. The maximum Gasteiger partial charge on any atom is 0.175 e. The molecule has 2 fully saturated rings. The van der Waals surface area contributed by atoms with E-state index in [1.165, 1.54) is 18.6 Å². The fourth-order valence-electron chi connectivity index (χ4n) is 3.46. The van der Waals surface area contributed by atoms with Gasteiger partial charge in [-0.25, -0.2) is 4.39 Å². The van der Waals surface area contributed by atoms with Crippen LogP contribution in [0.15, 0.2) is 28.8 Å². The molecule has 3 nitrogen and oxygen atoms in total. The molecular weight excluding hydrogens is 243 g/mol. The van der Waals surface area contributed by atoms with Crippen molar-refractivity contribution in [2.24, 2.45) is 11.8 Å². The number of rotatable bonds is 2. The number of nitrogen functional groups attached to an aromatic ring is 1. The lowest BCUT2D eigenvalue weighted by Crippen LogP contribution is -1.97. The van der Waals surface area contributed by atoms with Crippen LogP contribution in [0.5, 0.6) is 0 Å². The van der Waals surface area contributed by atoms with Crippen LogP contribution in [0.1, 0.15) is 30.9 Å². The third-order valence-corrected chi connectivity index (χ3v) is 4.47. The zero-order chi connectivity index (χ0) is 13.0. The molecule has 2 aliphatic rings. The van der Waals surface area contributed by atoms with E-state index in [1.807, 2.05) is 6.07 Å². The van der Waals surface area contributed by atoms with Crippen LogP contribution in [0.25, 0.3) is 11.1 Å². The first kappa shape index (κ1) is 11.0. The number of hydrogen-bond acceptors (Lipinski definition) is 3. The van der Waals surface area contributed by atoms with Crippen molar-refractivity contribution < 1.29 is 8.91 Å². The Morgan fingerprint density at radius 1 is 1.21 bits per heavy atom. The molecule has 0 amide bonds. The summed E-state index contributed by atoms with van der Waals surface area (Å²) in [4.78, 5) is 0. The smallest absolute Gasteiger partial charge is 0.175 e. The van der Waals surface area contributed by atoms with E-state index in [1.54, 1.807) is 6.07 Å². The van der Waals surface area contributed by atoms with Gasteiger partial charge in [-0.05, 0) is 48.8 Å². The zero-order valence-corrected chi connectivity index (χ0v) is 10.5. The van der Waals surface area contributed by atoms with Crippen molar-refractivity contribution in [3.63, 3.8) is 0 Å². The summed E-state index contributed by atoms with van der Waals surface area (Å²) in [5, 5.41) is 3.89. The molecule has 2 saturated carbocycles. The van der Waals surface area contributed by atoms with E-state index >= 15 is 0 Å². The molecular formula is C15H15FN2O. The van der Waals surface area contributed by atoms with E-state index in [4.69, 9.17) is 10.3 Å². The van der Waals surface area contributed by atoms with E-state index in [0.717, 1.165) is 41.6 Å². The van der Waals surface area contributed by atoms with Gasteiger partial charge in [0.05, 0.1) is 5.56 Å². The molecule has 0 aliphatic heterocycles. The molecule has 0 radical (unpaired) electrons. The normalized spacial score (nSPS) is 28.4. The molecule has 1 heterocycles. The van der Waals surface area contributed by atoms with Crippen LogP contribution >= 0.6 is 0 Å². The largest absolute Gasteiger partial charge is 0.380 e. The van der Waals surface area contributed by atoms with Crippen LogP contribution in [0, 0.1) is 17.7 Å². The number of aromatic nitrogens is 1. The van der Waals surface area contributed by atoms with Crippen LogP contribution in [0.3, 0.4) is 0 Å². The van der Waals surface area contributed by atoms with Crippen molar-refractivity contribution in [2.75, 3.05) is 5.73 Å². The van der Waals surface area contributed by atoms with E-state index in [9.17, 15) is 4.39 Å². The Morgan fingerprint density at radius 2 is 2.00 bits per heavy atom. The molecule has 19 heavy (non-hydrogen) atoms. The van der Waals surface area contributed by atoms with Gasteiger partial charge < -0.3 is 10.3 Å². The summed E-state index contributed by atoms with van der Waals surface area (Å²) >= 11 is 0. The van der Waals surface area contributed by atoms with Crippen LogP contribution in [0.2, 0.25) is 0 Å². The Kier molecular flexibility index (Phi) is 2.22. The van der Waals surface area contributed by atoms with Gasteiger partial charge in [0, 0.05) is 5.92 Å². The summed E-state index contributed by atoms with van der Waals surface area (Å²) in [7, 11) is 0. The maximum atomic E-state index is 13.4.